The van der Waals surface area contributed by atoms with Gasteiger partial charge in [0.05, 0.1) is 44.9 Å². The van der Waals surface area contributed by atoms with Gasteiger partial charge in [0, 0.05) is 12.1 Å². The van der Waals surface area contributed by atoms with E-state index in [0.29, 0.717) is 11.5 Å². The highest BCUT2D eigenvalue weighted by atomic mass is 16.5. The molecule has 0 fully saturated rings. The molecule has 0 saturated carbocycles. The molecular formula is C37H36N2O4+2. The molecule has 0 aliphatic heterocycles. The van der Waals surface area contributed by atoms with Gasteiger partial charge in [-0.15, -0.1) is 0 Å². The molecule has 43 heavy (non-hydrogen) atoms. The molecule has 2 aromatic heterocycles. The Hall–Kier alpha value is -5.10. The van der Waals surface area contributed by atoms with Gasteiger partial charge in [-0.1, -0.05) is 30.3 Å². The number of pyridine rings is 2. The van der Waals surface area contributed by atoms with Gasteiger partial charge in [-0.05, 0) is 70.4 Å². The molecule has 0 amide bonds. The maximum Gasteiger partial charge on any atom is 0.193 e. The lowest BCUT2D eigenvalue weighted by Gasteiger charge is -2.13. The number of benzene rings is 4. The standard InChI is InChI=1S/C37H36N2O4/c1-38-18-16-27-9-13-30(40-3)23-32(27)34(38)20-25-6-11-29(12-7-25)43-37-22-26(8-15-36(37)42-5)21-35-33-24-31(41-4)14-10-28(33)17-19-39(35)2/h6-19,22-24H,20-21H2,1-5H3/q+2. The molecule has 0 N–H and O–H groups in total. The normalized spacial score (nSPS) is 11.1. The molecule has 6 nitrogen and oxygen atoms in total. The average Bonchev–Trinajstić information content (AvgIpc) is 3.04. The summed E-state index contributed by atoms with van der Waals surface area (Å²) in [7, 11) is 9.23. The molecule has 0 spiro atoms. The second-order valence-electron chi connectivity index (χ2n) is 10.7. The third-order valence-corrected chi connectivity index (χ3v) is 8.07. The highest BCUT2D eigenvalue weighted by molar-refractivity contribution is 5.86. The molecule has 0 aliphatic carbocycles. The number of ether oxygens (including phenoxy) is 4. The molecule has 0 bridgehead atoms. The summed E-state index contributed by atoms with van der Waals surface area (Å²) in [4.78, 5) is 0. The van der Waals surface area contributed by atoms with E-state index < -0.39 is 0 Å². The van der Waals surface area contributed by atoms with Crippen LogP contribution < -0.4 is 28.1 Å². The summed E-state index contributed by atoms with van der Waals surface area (Å²) in [6.45, 7) is 0. The topological polar surface area (TPSA) is 44.7 Å². The number of fused-ring (bicyclic) bond motifs is 2. The zero-order valence-corrected chi connectivity index (χ0v) is 25.3. The van der Waals surface area contributed by atoms with Crippen molar-refractivity contribution in [2.45, 2.75) is 12.8 Å². The Morgan fingerprint density at radius 1 is 0.488 bits per heavy atom. The summed E-state index contributed by atoms with van der Waals surface area (Å²) in [6.07, 6.45) is 5.72. The quantitative estimate of drug-likeness (QED) is 0.182. The Balaban J connectivity index is 1.25. The molecule has 0 saturated heterocycles. The van der Waals surface area contributed by atoms with Crippen LogP contribution >= 0.6 is 0 Å². The molecule has 6 heteroatoms. The van der Waals surface area contributed by atoms with Gasteiger partial charge in [-0.3, -0.25) is 0 Å². The minimum Gasteiger partial charge on any atom is -0.497 e. The summed E-state index contributed by atoms with van der Waals surface area (Å²) >= 11 is 0. The van der Waals surface area contributed by atoms with E-state index in [1.54, 1.807) is 21.3 Å². The van der Waals surface area contributed by atoms with Crippen LogP contribution in [0.2, 0.25) is 0 Å². The van der Waals surface area contributed by atoms with Gasteiger partial charge in [-0.2, -0.15) is 0 Å². The average molecular weight is 573 g/mol. The van der Waals surface area contributed by atoms with Crippen LogP contribution in [0.5, 0.6) is 28.7 Å². The first-order valence-electron chi connectivity index (χ1n) is 14.3. The van der Waals surface area contributed by atoms with Crippen LogP contribution in [-0.2, 0) is 26.9 Å². The second-order valence-corrected chi connectivity index (χ2v) is 10.7. The highest BCUT2D eigenvalue weighted by Gasteiger charge is 2.17. The SMILES string of the molecule is COc1ccc2cc[n+](C)c(Cc3ccc(Oc4cc(Cc5c6cc(OC)ccc6cc[n+]5C)ccc4OC)cc3)c2c1. The van der Waals surface area contributed by atoms with Gasteiger partial charge in [0.25, 0.3) is 0 Å². The van der Waals surface area contributed by atoms with Crippen LogP contribution in [-0.4, -0.2) is 21.3 Å². The molecule has 0 atom stereocenters. The van der Waals surface area contributed by atoms with Gasteiger partial charge in [0.15, 0.2) is 35.3 Å². The van der Waals surface area contributed by atoms with E-state index >= 15 is 0 Å². The largest absolute Gasteiger partial charge is 0.497 e. The first kappa shape index (κ1) is 28.0. The van der Waals surface area contributed by atoms with Crippen LogP contribution in [0.15, 0.2) is 103 Å². The maximum atomic E-state index is 6.39. The van der Waals surface area contributed by atoms with Crippen molar-refractivity contribution in [3.8, 4) is 28.7 Å². The Kier molecular flexibility index (Phi) is 7.84. The first-order chi connectivity index (χ1) is 20.9. The smallest absolute Gasteiger partial charge is 0.193 e. The van der Waals surface area contributed by atoms with Gasteiger partial charge in [0.2, 0.25) is 0 Å². The summed E-state index contributed by atoms with van der Waals surface area (Å²) in [5.41, 5.74) is 4.73. The molecular weight excluding hydrogens is 536 g/mol. The summed E-state index contributed by atoms with van der Waals surface area (Å²) in [6, 6.07) is 31.1. The number of nitrogens with zero attached hydrogens (tertiary/aromatic N) is 2. The number of methoxy groups -OCH3 is 3. The van der Waals surface area contributed by atoms with Crippen molar-refractivity contribution in [3.05, 3.63) is 126 Å². The van der Waals surface area contributed by atoms with Crippen LogP contribution in [0.4, 0.5) is 0 Å². The molecule has 6 aromatic rings. The molecule has 2 heterocycles. The van der Waals surface area contributed by atoms with E-state index in [0.717, 1.165) is 41.0 Å². The molecule has 216 valence electrons. The molecule has 0 radical (unpaired) electrons. The van der Waals surface area contributed by atoms with E-state index in [9.17, 15) is 0 Å². The summed E-state index contributed by atoms with van der Waals surface area (Å²) in [5.74, 6) is 3.82. The van der Waals surface area contributed by atoms with Crippen LogP contribution in [0, 0.1) is 0 Å². The van der Waals surface area contributed by atoms with Crippen molar-refractivity contribution in [2.75, 3.05) is 21.3 Å². The van der Waals surface area contributed by atoms with E-state index in [-0.39, 0.29) is 0 Å². The predicted octanol–water partition coefficient (Wildman–Crippen LogP) is 6.64. The first-order valence-corrected chi connectivity index (χ1v) is 14.3. The van der Waals surface area contributed by atoms with Gasteiger partial charge < -0.3 is 18.9 Å². The monoisotopic (exact) mass is 572 g/mol. The molecule has 0 aliphatic rings. The van der Waals surface area contributed by atoms with Crippen molar-refractivity contribution in [1.29, 1.82) is 0 Å². The zero-order chi connectivity index (χ0) is 29.9. The number of hydrogen-bond acceptors (Lipinski definition) is 4. The fourth-order valence-corrected chi connectivity index (χ4v) is 5.60. The van der Waals surface area contributed by atoms with Crippen LogP contribution in [0.1, 0.15) is 22.5 Å². The van der Waals surface area contributed by atoms with Crippen LogP contribution in [0.25, 0.3) is 21.5 Å². The van der Waals surface area contributed by atoms with Gasteiger partial charge in [-0.25, -0.2) is 9.13 Å². The summed E-state index contributed by atoms with van der Waals surface area (Å²) < 4.78 is 27.4. The Morgan fingerprint density at radius 3 is 1.53 bits per heavy atom. The van der Waals surface area contributed by atoms with Crippen molar-refractivity contribution < 1.29 is 28.1 Å². The number of aryl methyl sites for hydroxylation is 2. The number of hydrogen-bond donors (Lipinski definition) is 0. The van der Waals surface area contributed by atoms with Crippen molar-refractivity contribution >= 4 is 21.5 Å². The molecule has 4 aromatic carbocycles. The Bertz CT molecular complexity index is 1930. The lowest BCUT2D eigenvalue weighted by atomic mass is 10.0. The van der Waals surface area contributed by atoms with E-state index in [2.05, 4.69) is 96.3 Å². The fraction of sp³-hybridized carbons (Fsp3) is 0.189. The lowest BCUT2D eigenvalue weighted by molar-refractivity contribution is -0.677. The van der Waals surface area contributed by atoms with Crippen molar-refractivity contribution in [1.82, 2.24) is 0 Å². The minimum atomic E-state index is 0.681. The van der Waals surface area contributed by atoms with Gasteiger partial charge in [0.1, 0.15) is 31.3 Å². The Labute approximate surface area is 252 Å². The summed E-state index contributed by atoms with van der Waals surface area (Å²) in [5, 5.41) is 4.72. The third-order valence-electron chi connectivity index (χ3n) is 8.07. The number of aromatic nitrogens is 2. The molecule has 6 rings (SSSR count). The highest BCUT2D eigenvalue weighted by Crippen LogP contribution is 2.34. The minimum absolute atomic E-state index is 0.681. The van der Waals surface area contributed by atoms with E-state index in [4.69, 9.17) is 18.9 Å². The fourth-order valence-electron chi connectivity index (χ4n) is 5.60. The van der Waals surface area contributed by atoms with Crippen molar-refractivity contribution in [2.24, 2.45) is 14.1 Å². The predicted molar refractivity (Wildman–Crippen MR) is 168 cm³/mol. The second kappa shape index (κ2) is 12.0. The van der Waals surface area contributed by atoms with Crippen LogP contribution in [0.3, 0.4) is 0 Å². The maximum absolute atomic E-state index is 6.39. The molecule has 0 unspecified atom stereocenters. The third kappa shape index (κ3) is 5.82. The van der Waals surface area contributed by atoms with Crippen molar-refractivity contribution in [3.63, 3.8) is 0 Å². The van der Waals surface area contributed by atoms with E-state index in [1.165, 1.54) is 33.1 Å². The zero-order valence-electron chi connectivity index (χ0n) is 25.3. The van der Waals surface area contributed by atoms with Gasteiger partial charge >= 0.3 is 0 Å². The lowest BCUT2D eigenvalue weighted by Crippen LogP contribution is -2.33. The number of rotatable bonds is 9. The Morgan fingerprint density at radius 2 is 1.00 bits per heavy atom. The van der Waals surface area contributed by atoms with E-state index in [1.807, 2.05) is 30.3 Å².